The zero-order chi connectivity index (χ0) is 20.3. The number of hydrogen-bond donors (Lipinski definition) is 1. The minimum absolute atomic E-state index is 0.792. The van der Waals surface area contributed by atoms with Crippen molar-refractivity contribution in [2.75, 3.05) is 31.1 Å². The van der Waals surface area contributed by atoms with E-state index in [1.54, 1.807) is 4.90 Å². The lowest BCUT2D eigenvalue weighted by molar-refractivity contribution is -0.914. The summed E-state index contributed by atoms with van der Waals surface area (Å²) in [7, 11) is 0. The smallest absolute Gasteiger partial charge is 0.162 e. The Morgan fingerprint density at radius 2 is 1.50 bits per heavy atom. The maximum absolute atomic E-state index is 6.02. The molecule has 0 spiro atoms. The highest BCUT2D eigenvalue weighted by Gasteiger charge is 2.23. The molecule has 0 radical (unpaired) electrons. The van der Waals surface area contributed by atoms with Crippen molar-refractivity contribution in [2.45, 2.75) is 6.54 Å². The van der Waals surface area contributed by atoms with Gasteiger partial charge in [0.15, 0.2) is 5.82 Å². The summed E-state index contributed by atoms with van der Waals surface area (Å²) in [4.78, 5) is 13.8. The quantitative estimate of drug-likeness (QED) is 0.549. The molecule has 150 valence electrons. The van der Waals surface area contributed by atoms with Crippen LogP contribution in [0.4, 0.5) is 5.82 Å². The number of para-hydroxylation sites is 1. The first-order chi connectivity index (χ1) is 14.8. The van der Waals surface area contributed by atoms with E-state index in [9.17, 15) is 0 Å². The van der Waals surface area contributed by atoms with Crippen LogP contribution in [-0.2, 0) is 6.54 Å². The summed E-state index contributed by atoms with van der Waals surface area (Å²) >= 11 is 6.02. The molecule has 2 heterocycles. The van der Waals surface area contributed by atoms with Crippen molar-refractivity contribution >= 4 is 28.3 Å². The standard InChI is InChI=1S/C25H23ClN4/c26-21-12-10-19(11-13-21)18-29-14-16-30(17-15-29)25-22-8-4-5-9-23(22)27-24(28-25)20-6-2-1-3-7-20/h1-13H,14-18H2/p+1. The summed E-state index contributed by atoms with van der Waals surface area (Å²) in [5.74, 6) is 1.84. The highest BCUT2D eigenvalue weighted by Crippen LogP contribution is 2.27. The van der Waals surface area contributed by atoms with Crippen LogP contribution in [0.5, 0.6) is 0 Å². The molecule has 0 amide bonds. The molecule has 0 saturated carbocycles. The van der Waals surface area contributed by atoms with Gasteiger partial charge < -0.3 is 9.80 Å². The van der Waals surface area contributed by atoms with Gasteiger partial charge in [-0.05, 0) is 24.3 Å². The highest BCUT2D eigenvalue weighted by atomic mass is 35.5. The van der Waals surface area contributed by atoms with E-state index in [2.05, 4.69) is 47.4 Å². The van der Waals surface area contributed by atoms with Crippen LogP contribution < -0.4 is 9.80 Å². The molecule has 0 aliphatic carbocycles. The van der Waals surface area contributed by atoms with E-state index >= 15 is 0 Å². The Labute approximate surface area is 181 Å². The van der Waals surface area contributed by atoms with Crippen molar-refractivity contribution in [3.63, 3.8) is 0 Å². The molecule has 0 unspecified atom stereocenters. The molecule has 4 aromatic rings. The van der Waals surface area contributed by atoms with E-state index in [1.165, 1.54) is 5.56 Å². The molecule has 0 atom stereocenters. The predicted molar refractivity (Wildman–Crippen MR) is 123 cm³/mol. The van der Waals surface area contributed by atoms with E-state index in [0.717, 1.165) is 65.9 Å². The molecule has 1 aliphatic heterocycles. The van der Waals surface area contributed by atoms with Crippen LogP contribution in [0.2, 0.25) is 5.02 Å². The first kappa shape index (κ1) is 19.0. The third-order valence-corrected chi connectivity index (χ3v) is 6.00. The number of fused-ring (bicyclic) bond motifs is 1. The van der Waals surface area contributed by atoms with Crippen molar-refractivity contribution in [1.82, 2.24) is 9.97 Å². The van der Waals surface area contributed by atoms with Gasteiger partial charge in [0, 0.05) is 21.5 Å². The Hall–Kier alpha value is -2.95. The first-order valence-electron chi connectivity index (χ1n) is 10.4. The molecule has 3 aromatic carbocycles. The van der Waals surface area contributed by atoms with Crippen LogP contribution in [0.25, 0.3) is 22.3 Å². The fraction of sp³-hybridized carbons (Fsp3) is 0.200. The Balaban J connectivity index is 1.39. The molecule has 1 aromatic heterocycles. The van der Waals surface area contributed by atoms with Crippen LogP contribution in [0, 0.1) is 0 Å². The van der Waals surface area contributed by atoms with Crippen LogP contribution in [0.15, 0.2) is 78.9 Å². The number of quaternary nitrogens is 1. The van der Waals surface area contributed by atoms with Crippen molar-refractivity contribution in [2.24, 2.45) is 0 Å². The second-order valence-corrected chi connectivity index (χ2v) is 8.23. The minimum Gasteiger partial charge on any atom is -0.345 e. The molecule has 0 bridgehead atoms. The van der Waals surface area contributed by atoms with E-state index in [1.807, 2.05) is 36.4 Å². The fourth-order valence-corrected chi connectivity index (χ4v) is 4.25. The number of rotatable bonds is 4. The Bertz CT molecular complexity index is 1140. The number of nitrogens with zero attached hydrogens (tertiary/aromatic N) is 3. The Morgan fingerprint density at radius 3 is 2.27 bits per heavy atom. The maximum atomic E-state index is 6.02. The molecule has 1 aliphatic rings. The van der Waals surface area contributed by atoms with Crippen LogP contribution in [-0.4, -0.2) is 36.1 Å². The molecular formula is C25H24ClN4+. The van der Waals surface area contributed by atoms with Crippen molar-refractivity contribution in [3.05, 3.63) is 89.4 Å². The van der Waals surface area contributed by atoms with E-state index in [4.69, 9.17) is 21.6 Å². The Kier molecular flexibility index (Phi) is 5.35. The first-order valence-corrected chi connectivity index (χ1v) is 10.8. The van der Waals surface area contributed by atoms with Crippen LogP contribution >= 0.6 is 11.6 Å². The van der Waals surface area contributed by atoms with Gasteiger partial charge in [-0.15, -0.1) is 0 Å². The predicted octanol–water partition coefficient (Wildman–Crippen LogP) is 3.86. The molecule has 1 fully saturated rings. The number of aromatic nitrogens is 2. The van der Waals surface area contributed by atoms with Crippen molar-refractivity contribution in [1.29, 1.82) is 0 Å². The Morgan fingerprint density at radius 1 is 0.800 bits per heavy atom. The normalized spacial score (nSPS) is 14.9. The molecule has 4 nitrogen and oxygen atoms in total. The van der Waals surface area contributed by atoms with Gasteiger partial charge in [0.1, 0.15) is 12.4 Å². The molecule has 5 rings (SSSR count). The SMILES string of the molecule is Clc1ccc(C[NH+]2CCN(c3nc(-c4ccccc4)nc4ccccc34)CC2)cc1. The molecule has 30 heavy (non-hydrogen) atoms. The van der Waals surface area contributed by atoms with Gasteiger partial charge in [0.2, 0.25) is 0 Å². The second-order valence-electron chi connectivity index (χ2n) is 7.79. The van der Waals surface area contributed by atoms with Gasteiger partial charge in [0.05, 0.1) is 31.7 Å². The average molecular weight is 416 g/mol. The maximum Gasteiger partial charge on any atom is 0.162 e. The largest absolute Gasteiger partial charge is 0.345 e. The van der Waals surface area contributed by atoms with Gasteiger partial charge in [0.25, 0.3) is 0 Å². The number of hydrogen-bond acceptors (Lipinski definition) is 3. The third-order valence-electron chi connectivity index (χ3n) is 5.75. The molecule has 1 saturated heterocycles. The summed E-state index contributed by atoms with van der Waals surface area (Å²) in [5.41, 5.74) is 3.38. The second kappa shape index (κ2) is 8.42. The van der Waals surface area contributed by atoms with Gasteiger partial charge in [-0.2, -0.15) is 0 Å². The third kappa shape index (κ3) is 4.02. The van der Waals surface area contributed by atoms with E-state index < -0.39 is 0 Å². The minimum atomic E-state index is 0.792. The number of nitrogens with one attached hydrogen (secondary N) is 1. The molecule has 5 heteroatoms. The van der Waals surface area contributed by atoms with E-state index in [0.29, 0.717) is 0 Å². The van der Waals surface area contributed by atoms with Gasteiger partial charge >= 0.3 is 0 Å². The highest BCUT2D eigenvalue weighted by molar-refractivity contribution is 6.30. The number of piperazine rings is 1. The summed E-state index contributed by atoms with van der Waals surface area (Å²) in [6.45, 7) is 5.17. The zero-order valence-corrected chi connectivity index (χ0v) is 17.5. The lowest BCUT2D eigenvalue weighted by atomic mass is 10.1. The van der Waals surface area contributed by atoms with Crippen molar-refractivity contribution < 1.29 is 4.90 Å². The van der Waals surface area contributed by atoms with Crippen LogP contribution in [0.1, 0.15) is 5.56 Å². The van der Waals surface area contributed by atoms with Crippen molar-refractivity contribution in [3.8, 4) is 11.4 Å². The van der Waals surface area contributed by atoms with Crippen LogP contribution in [0.3, 0.4) is 0 Å². The van der Waals surface area contributed by atoms with Gasteiger partial charge in [-0.1, -0.05) is 66.2 Å². The molecule has 1 N–H and O–H groups in total. The summed E-state index contributed by atoms with van der Waals surface area (Å²) < 4.78 is 0. The fourth-order valence-electron chi connectivity index (χ4n) is 4.12. The summed E-state index contributed by atoms with van der Waals surface area (Å²) in [5, 5.41) is 1.92. The zero-order valence-electron chi connectivity index (χ0n) is 16.8. The van der Waals surface area contributed by atoms with Gasteiger partial charge in [-0.3, -0.25) is 0 Å². The average Bonchev–Trinajstić information content (AvgIpc) is 2.81. The number of halogens is 1. The summed E-state index contributed by atoms with van der Waals surface area (Å²) in [6, 6.07) is 26.8. The van der Waals surface area contributed by atoms with Gasteiger partial charge in [-0.25, -0.2) is 9.97 Å². The summed E-state index contributed by atoms with van der Waals surface area (Å²) in [6.07, 6.45) is 0. The number of anilines is 1. The lowest BCUT2D eigenvalue weighted by Crippen LogP contribution is -3.13. The number of benzene rings is 3. The lowest BCUT2D eigenvalue weighted by Gasteiger charge is -2.33. The topological polar surface area (TPSA) is 33.5 Å². The monoisotopic (exact) mass is 415 g/mol. The van der Waals surface area contributed by atoms with E-state index in [-0.39, 0.29) is 0 Å². The molecular weight excluding hydrogens is 392 g/mol.